The van der Waals surface area contributed by atoms with E-state index in [2.05, 4.69) is 43.2 Å². The molecule has 0 aliphatic carbocycles. The molecule has 0 bridgehead atoms. The van der Waals surface area contributed by atoms with E-state index in [1.54, 1.807) is 0 Å². The number of benzene rings is 1. The molecule has 1 aromatic carbocycles. The van der Waals surface area contributed by atoms with Gasteiger partial charge in [0.1, 0.15) is 11.9 Å². The van der Waals surface area contributed by atoms with Crippen molar-refractivity contribution in [1.82, 2.24) is 10.3 Å². The largest absolute Gasteiger partial charge is 0.489 e. The second kappa shape index (κ2) is 7.25. The SMILES string of the molecule is CCCNCC(Oc1ccc2cccnc2c1)C(C)C. The summed E-state index contributed by atoms with van der Waals surface area (Å²) in [6.07, 6.45) is 3.14. The first-order valence-electron chi connectivity index (χ1n) is 7.43. The quantitative estimate of drug-likeness (QED) is 0.781. The molecular weight excluding hydrogens is 248 g/mol. The molecule has 0 amide bonds. The molecule has 0 fully saturated rings. The molecule has 1 aromatic heterocycles. The Hall–Kier alpha value is -1.61. The van der Waals surface area contributed by atoms with E-state index in [4.69, 9.17) is 4.74 Å². The second-order valence-electron chi connectivity index (χ2n) is 5.46. The van der Waals surface area contributed by atoms with Crippen LogP contribution >= 0.6 is 0 Å². The molecule has 20 heavy (non-hydrogen) atoms. The van der Waals surface area contributed by atoms with Crippen molar-refractivity contribution >= 4 is 10.9 Å². The zero-order chi connectivity index (χ0) is 14.4. The highest BCUT2D eigenvalue weighted by Gasteiger charge is 2.15. The number of hydrogen-bond acceptors (Lipinski definition) is 3. The van der Waals surface area contributed by atoms with Crippen LogP contribution in [0.1, 0.15) is 27.2 Å². The summed E-state index contributed by atoms with van der Waals surface area (Å²) in [6.45, 7) is 8.47. The Balaban J connectivity index is 2.07. The summed E-state index contributed by atoms with van der Waals surface area (Å²) in [5, 5.41) is 4.58. The van der Waals surface area contributed by atoms with E-state index in [9.17, 15) is 0 Å². The maximum absolute atomic E-state index is 6.13. The summed E-state index contributed by atoms with van der Waals surface area (Å²) in [6, 6.07) is 10.1. The van der Waals surface area contributed by atoms with Crippen LogP contribution in [0.25, 0.3) is 10.9 Å². The third kappa shape index (κ3) is 3.94. The number of pyridine rings is 1. The van der Waals surface area contributed by atoms with Gasteiger partial charge in [-0.15, -0.1) is 0 Å². The van der Waals surface area contributed by atoms with E-state index < -0.39 is 0 Å². The molecular formula is C17H24N2O. The molecule has 0 aliphatic heterocycles. The van der Waals surface area contributed by atoms with Crippen LogP contribution in [-0.2, 0) is 0 Å². The summed E-state index contributed by atoms with van der Waals surface area (Å²) < 4.78 is 6.13. The Labute approximate surface area is 121 Å². The van der Waals surface area contributed by atoms with E-state index >= 15 is 0 Å². The summed E-state index contributed by atoms with van der Waals surface area (Å²) in [5.74, 6) is 1.37. The number of fused-ring (bicyclic) bond motifs is 1. The van der Waals surface area contributed by atoms with Gasteiger partial charge in [0.15, 0.2) is 0 Å². The maximum atomic E-state index is 6.13. The average Bonchev–Trinajstić information content (AvgIpc) is 2.46. The molecule has 3 nitrogen and oxygen atoms in total. The van der Waals surface area contributed by atoms with E-state index in [0.717, 1.165) is 36.2 Å². The van der Waals surface area contributed by atoms with Crippen molar-refractivity contribution in [3.8, 4) is 5.75 Å². The molecule has 0 spiro atoms. The second-order valence-corrected chi connectivity index (χ2v) is 5.46. The summed E-state index contributed by atoms with van der Waals surface area (Å²) in [5.41, 5.74) is 0.981. The van der Waals surface area contributed by atoms with Crippen LogP contribution in [-0.4, -0.2) is 24.2 Å². The Morgan fingerprint density at radius 3 is 2.85 bits per heavy atom. The number of nitrogens with one attached hydrogen (secondary N) is 1. The topological polar surface area (TPSA) is 34.1 Å². The van der Waals surface area contributed by atoms with E-state index in [0.29, 0.717) is 5.92 Å². The van der Waals surface area contributed by atoms with Crippen LogP contribution in [0.15, 0.2) is 36.5 Å². The third-order valence-corrected chi connectivity index (χ3v) is 3.38. The van der Waals surface area contributed by atoms with Gasteiger partial charge in [-0.3, -0.25) is 4.98 Å². The predicted molar refractivity (Wildman–Crippen MR) is 84.2 cm³/mol. The Morgan fingerprint density at radius 2 is 2.10 bits per heavy atom. The van der Waals surface area contributed by atoms with Gasteiger partial charge in [0.2, 0.25) is 0 Å². The van der Waals surface area contributed by atoms with Crippen LogP contribution in [0.3, 0.4) is 0 Å². The lowest BCUT2D eigenvalue weighted by atomic mass is 10.1. The molecule has 0 aliphatic rings. The van der Waals surface area contributed by atoms with Gasteiger partial charge in [0.05, 0.1) is 5.52 Å². The van der Waals surface area contributed by atoms with Gasteiger partial charge in [-0.1, -0.05) is 26.8 Å². The number of aromatic nitrogens is 1. The van der Waals surface area contributed by atoms with Crippen LogP contribution < -0.4 is 10.1 Å². The van der Waals surface area contributed by atoms with Crippen molar-refractivity contribution in [3.05, 3.63) is 36.5 Å². The molecule has 108 valence electrons. The highest BCUT2D eigenvalue weighted by atomic mass is 16.5. The van der Waals surface area contributed by atoms with Gasteiger partial charge in [-0.25, -0.2) is 0 Å². The van der Waals surface area contributed by atoms with Crippen molar-refractivity contribution in [2.45, 2.75) is 33.3 Å². The van der Waals surface area contributed by atoms with Gasteiger partial charge >= 0.3 is 0 Å². The van der Waals surface area contributed by atoms with Gasteiger partial charge in [0.25, 0.3) is 0 Å². The smallest absolute Gasteiger partial charge is 0.122 e. The van der Waals surface area contributed by atoms with Crippen molar-refractivity contribution in [2.24, 2.45) is 5.92 Å². The lowest BCUT2D eigenvalue weighted by Crippen LogP contribution is -2.35. The molecule has 2 aromatic rings. The first-order chi connectivity index (χ1) is 9.70. The number of nitrogens with zero attached hydrogens (tertiary/aromatic N) is 1. The summed E-state index contributed by atoms with van der Waals surface area (Å²) >= 11 is 0. The fraction of sp³-hybridized carbons (Fsp3) is 0.471. The Bertz CT molecular complexity index is 539. The van der Waals surface area contributed by atoms with Crippen molar-refractivity contribution in [2.75, 3.05) is 13.1 Å². The first-order valence-corrected chi connectivity index (χ1v) is 7.43. The molecule has 1 unspecified atom stereocenters. The predicted octanol–water partition coefficient (Wildman–Crippen LogP) is 3.64. The number of rotatable bonds is 7. The van der Waals surface area contributed by atoms with Gasteiger partial charge in [-0.05, 0) is 37.1 Å². The molecule has 0 radical (unpaired) electrons. The first kappa shape index (κ1) is 14.8. The Kier molecular flexibility index (Phi) is 5.36. The molecule has 1 atom stereocenters. The zero-order valence-corrected chi connectivity index (χ0v) is 12.6. The lowest BCUT2D eigenvalue weighted by Gasteiger charge is -2.23. The number of hydrogen-bond donors (Lipinski definition) is 1. The highest BCUT2D eigenvalue weighted by Crippen LogP contribution is 2.21. The van der Waals surface area contributed by atoms with Crippen LogP contribution in [0.2, 0.25) is 0 Å². The van der Waals surface area contributed by atoms with E-state index in [1.807, 2.05) is 24.4 Å². The summed E-state index contributed by atoms with van der Waals surface area (Å²) in [7, 11) is 0. The van der Waals surface area contributed by atoms with Crippen LogP contribution in [0.5, 0.6) is 5.75 Å². The highest BCUT2D eigenvalue weighted by molar-refractivity contribution is 5.79. The van der Waals surface area contributed by atoms with Gasteiger partial charge in [0, 0.05) is 24.2 Å². The monoisotopic (exact) mass is 272 g/mol. The normalized spacial score (nSPS) is 12.8. The third-order valence-electron chi connectivity index (χ3n) is 3.38. The molecule has 1 heterocycles. The maximum Gasteiger partial charge on any atom is 0.122 e. The average molecular weight is 272 g/mol. The zero-order valence-electron chi connectivity index (χ0n) is 12.6. The van der Waals surface area contributed by atoms with Crippen molar-refractivity contribution < 1.29 is 4.74 Å². The molecule has 1 N–H and O–H groups in total. The Morgan fingerprint density at radius 1 is 1.25 bits per heavy atom. The molecule has 2 rings (SSSR count). The van der Waals surface area contributed by atoms with Crippen LogP contribution in [0.4, 0.5) is 0 Å². The number of ether oxygens (including phenoxy) is 1. The van der Waals surface area contributed by atoms with Crippen molar-refractivity contribution in [1.29, 1.82) is 0 Å². The minimum absolute atomic E-state index is 0.183. The molecule has 3 heteroatoms. The van der Waals surface area contributed by atoms with E-state index in [-0.39, 0.29) is 6.10 Å². The van der Waals surface area contributed by atoms with Gasteiger partial charge < -0.3 is 10.1 Å². The fourth-order valence-electron chi connectivity index (χ4n) is 2.13. The van der Waals surface area contributed by atoms with Crippen LogP contribution in [0, 0.1) is 5.92 Å². The van der Waals surface area contributed by atoms with Crippen molar-refractivity contribution in [3.63, 3.8) is 0 Å². The minimum Gasteiger partial charge on any atom is -0.489 e. The minimum atomic E-state index is 0.183. The molecule has 0 saturated heterocycles. The standard InChI is InChI=1S/C17H24N2O/c1-4-9-18-12-17(13(2)3)20-15-8-7-14-6-5-10-19-16(14)11-15/h5-8,10-11,13,17-18H,4,9,12H2,1-3H3. The lowest BCUT2D eigenvalue weighted by molar-refractivity contribution is 0.149. The summed E-state index contributed by atoms with van der Waals surface area (Å²) in [4.78, 5) is 4.37. The molecule has 0 saturated carbocycles. The fourth-order valence-corrected chi connectivity index (χ4v) is 2.13. The van der Waals surface area contributed by atoms with E-state index in [1.165, 1.54) is 0 Å². The van der Waals surface area contributed by atoms with Gasteiger partial charge in [-0.2, -0.15) is 0 Å².